The molecule has 0 bridgehead atoms. The van der Waals surface area contributed by atoms with Crippen LogP contribution >= 0.6 is 15.9 Å². The van der Waals surface area contributed by atoms with Gasteiger partial charge >= 0.3 is 12.5 Å². The predicted molar refractivity (Wildman–Crippen MR) is 78.6 cm³/mol. The van der Waals surface area contributed by atoms with E-state index in [-0.39, 0.29) is 11.3 Å². The number of benzene rings is 1. The van der Waals surface area contributed by atoms with Crippen LogP contribution in [-0.4, -0.2) is 18.1 Å². The number of carbonyl (C=O) groups excluding carboxylic acids is 1. The molecule has 0 heterocycles. The third kappa shape index (κ3) is 6.55. The van der Waals surface area contributed by atoms with Crippen LogP contribution in [0.2, 0.25) is 0 Å². The molecule has 0 fully saturated rings. The molecule has 0 aliphatic rings. The molecule has 1 aromatic rings. The monoisotopic (exact) mass is 383 g/mol. The minimum atomic E-state index is -4.82. The molecule has 8 heteroatoms. The molecule has 1 rings (SSSR count). The van der Waals surface area contributed by atoms with E-state index in [1.807, 2.05) is 0 Å². The number of amides is 1. The van der Waals surface area contributed by atoms with Gasteiger partial charge in [-0.25, -0.2) is 4.79 Å². The molecular weight excluding hydrogens is 367 g/mol. The van der Waals surface area contributed by atoms with Crippen molar-refractivity contribution in [3.8, 4) is 5.75 Å². The molecule has 1 atom stereocenters. The maximum Gasteiger partial charge on any atom is 0.573 e. The number of hydrogen-bond acceptors (Lipinski definition) is 3. The van der Waals surface area contributed by atoms with Crippen molar-refractivity contribution >= 4 is 22.0 Å². The van der Waals surface area contributed by atoms with Gasteiger partial charge in [0.2, 0.25) is 0 Å². The lowest BCUT2D eigenvalue weighted by atomic mass is 10.1. The van der Waals surface area contributed by atoms with E-state index in [4.69, 9.17) is 4.74 Å². The average molecular weight is 384 g/mol. The van der Waals surface area contributed by atoms with Crippen LogP contribution in [0.5, 0.6) is 5.75 Å². The molecule has 1 N–H and O–H groups in total. The Labute approximate surface area is 135 Å². The molecule has 0 unspecified atom stereocenters. The zero-order chi connectivity index (χ0) is 17.1. The topological polar surface area (TPSA) is 47.6 Å². The number of hydrogen-bond donors (Lipinski definition) is 1. The predicted octanol–water partition coefficient (Wildman–Crippen LogP) is 4.93. The van der Waals surface area contributed by atoms with Crippen molar-refractivity contribution in [2.75, 3.05) is 0 Å². The molecule has 0 saturated carbocycles. The summed E-state index contributed by atoms with van der Waals surface area (Å²) in [7, 11) is 0. The Morgan fingerprint density at radius 1 is 1.27 bits per heavy atom. The van der Waals surface area contributed by atoms with Gasteiger partial charge in [0.05, 0.1) is 6.04 Å². The van der Waals surface area contributed by atoms with E-state index in [1.165, 1.54) is 19.1 Å². The molecule has 0 spiro atoms. The van der Waals surface area contributed by atoms with Gasteiger partial charge in [0.25, 0.3) is 0 Å². The van der Waals surface area contributed by atoms with Crippen molar-refractivity contribution in [2.45, 2.75) is 45.7 Å². The quantitative estimate of drug-likeness (QED) is 0.804. The number of ether oxygens (including phenoxy) is 2. The van der Waals surface area contributed by atoms with Crippen LogP contribution in [0, 0.1) is 0 Å². The first-order valence-electron chi connectivity index (χ1n) is 6.42. The second-order valence-corrected chi connectivity index (χ2v) is 6.51. The van der Waals surface area contributed by atoms with Gasteiger partial charge in [0.1, 0.15) is 11.4 Å². The van der Waals surface area contributed by atoms with Crippen LogP contribution in [0.1, 0.15) is 39.3 Å². The van der Waals surface area contributed by atoms with Crippen LogP contribution in [0.4, 0.5) is 18.0 Å². The Morgan fingerprint density at radius 2 is 1.86 bits per heavy atom. The van der Waals surface area contributed by atoms with Crippen molar-refractivity contribution in [1.29, 1.82) is 0 Å². The first kappa shape index (κ1) is 18.6. The third-order valence-electron chi connectivity index (χ3n) is 2.40. The smallest absolute Gasteiger partial charge is 0.444 e. The van der Waals surface area contributed by atoms with Gasteiger partial charge in [0, 0.05) is 10.0 Å². The molecule has 22 heavy (non-hydrogen) atoms. The van der Waals surface area contributed by atoms with Gasteiger partial charge < -0.3 is 14.8 Å². The fraction of sp³-hybridized carbons (Fsp3) is 0.500. The van der Waals surface area contributed by atoms with E-state index in [9.17, 15) is 18.0 Å². The summed E-state index contributed by atoms with van der Waals surface area (Å²) in [5.74, 6) is -0.384. The number of alkyl carbamates (subject to hydrolysis) is 1. The van der Waals surface area contributed by atoms with Crippen LogP contribution in [0.25, 0.3) is 0 Å². The lowest BCUT2D eigenvalue weighted by Crippen LogP contribution is -2.34. The highest BCUT2D eigenvalue weighted by Crippen LogP contribution is 2.33. The maximum absolute atomic E-state index is 12.5. The minimum Gasteiger partial charge on any atom is -0.444 e. The highest BCUT2D eigenvalue weighted by molar-refractivity contribution is 9.10. The zero-order valence-electron chi connectivity index (χ0n) is 12.5. The minimum absolute atomic E-state index is 0.186. The normalized spacial score (nSPS) is 13.5. The van der Waals surface area contributed by atoms with Crippen LogP contribution in [-0.2, 0) is 4.74 Å². The van der Waals surface area contributed by atoms with E-state index in [0.717, 1.165) is 0 Å². The van der Waals surface area contributed by atoms with Crippen LogP contribution in [0.15, 0.2) is 22.7 Å². The summed E-state index contributed by atoms with van der Waals surface area (Å²) in [5, 5.41) is 2.47. The molecule has 0 aliphatic heterocycles. The van der Waals surface area contributed by atoms with Gasteiger partial charge in [-0.3, -0.25) is 0 Å². The van der Waals surface area contributed by atoms with Gasteiger partial charge in [-0.05, 0) is 39.8 Å². The molecule has 1 aromatic carbocycles. The van der Waals surface area contributed by atoms with E-state index in [0.29, 0.717) is 4.47 Å². The average Bonchev–Trinajstić information content (AvgIpc) is 2.23. The lowest BCUT2D eigenvalue weighted by Gasteiger charge is -2.23. The molecule has 4 nitrogen and oxygen atoms in total. The molecule has 124 valence electrons. The summed E-state index contributed by atoms with van der Waals surface area (Å²) in [4.78, 5) is 11.7. The summed E-state index contributed by atoms with van der Waals surface area (Å²) in [6.07, 6.45) is -5.54. The summed E-state index contributed by atoms with van der Waals surface area (Å²) >= 11 is 3.08. The Hall–Kier alpha value is -1.44. The van der Waals surface area contributed by atoms with Gasteiger partial charge in [-0.2, -0.15) is 0 Å². The van der Waals surface area contributed by atoms with Gasteiger partial charge in [0.15, 0.2) is 0 Å². The SMILES string of the molecule is C[C@H](NC(=O)OC(C)(C)C)c1ccc(Br)cc1OC(F)(F)F. The molecule has 1 amide bonds. The first-order chi connectivity index (χ1) is 9.87. The second-order valence-electron chi connectivity index (χ2n) is 5.60. The van der Waals surface area contributed by atoms with E-state index < -0.39 is 24.1 Å². The number of rotatable bonds is 3. The number of halogens is 4. The highest BCUT2D eigenvalue weighted by Gasteiger charge is 2.33. The molecule has 0 aromatic heterocycles. The zero-order valence-corrected chi connectivity index (χ0v) is 14.1. The van der Waals surface area contributed by atoms with Crippen LogP contribution < -0.4 is 10.1 Å². The number of nitrogens with one attached hydrogen (secondary N) is 1. The highest BCUT2D eigenvalue weighted by atomic mass is 79.9. The Morgan fingerprint density at radius 3 is 2.36 bits per heavy atom. The van der Waals surface area contributed by atoms with Crippen molar-refractivity contribution in [1.82, 2.24) is 5.32 Å². The Balaban J connectivity index is 2.93. The lowest BCUT2D eigenvalue weighted by molar-refractivity contribution is -0.275. The van der Waals surface area contributed by atoms with Crippen molar-refractivity contribution < 1.29 is 27.4 Å². The van der Waals surface area contributed by atoms with Crippen molar-refractivity contribution in [3.05, 3.63) is 28.2 Å². The molecule has 0 aliphatic carbocycles. The van der Waals surface area contributed by atoms with Crippen LogP contribution in [0.3, 0.4) is 0 Å². The van der Waals surface area contributed by atoms with E-state index in [2.05, 4.69) is 26.0 Å². The maximum atomic E-state index is 12.5. The number of alkyl halides is 3. The largest absolute Gasteiger partial charge is 0.573 e. The molecule has 0 saturated heterocycles. The summed E-state index contributed by atoms with van der Waals surface area (Å²) < 4.78 is 46.9. The van der Waals surface area contributed by atoms with Crippen molar-refractivity contribution in [2.24, 2.45) is 0 Å². The first-order valence-corrected chi connectivity index (χ1v) is 7.21. The van der Waals surface area contributed by atoms with E-state index in [1.54, 1.807) is 26.8 Å². The fourth-order valence-electron chi connectivity index (χ4n) is 1.64. The molecular formula is C14H17BrF3NO3. The standard InChI is InChI=1S/C14H17BrF3NO3/c1-8(19-12(20)22-13(2,3)4)10-6-5-9(15)7-11(10)21-14(16,17)18/h5-8H,1-4H3,(H,19,20)/t8-/m0/s1. The second kappa shape index (κ2) is 6.76. The third-order valence-corrected chi connectivity index (χ3v) is 2.89. The Bertz CT molecular complexity index is 541. The van der Waals surface area contributed by atoms with Gasteiger partial charge in [-0.1, -0.05) is 22.0 Å². The van der Waals surface area contributed by atoms with Crippen molar-refractivity contribution in [3.63, 3.8) is 0 Å². The summed E-state index contributed by atoms with van der Waals surface area (Å²) in [5.41, 5.74) is -0.513. The Kier molecular flexibility index (Phi) is 5.72. The number of carbonyl (C=O) groups is 1. The van der Waals surface area contributed by atoms with Gasteiger partial charge in [-0.15, -0.1) is 13.2 Å². The summed E-state index contributed by atoms with van der Waals surface area (Å²) in [6, 6.07) is 3.47. The van der Waals surface area contributed by atoms with E-state index >= 15 is 0 Å². The molecule has 0 radical (unpaired) electrons. The summed E-state index contributed by atoms with van der Waals surface area (Å²) in [6.45, 7) is 6.61. The fourth-order valence-corrected chi connectivity index (χ4v) is 1.98.